The number of oxime groups is 1. The van der Waals surface area contributed by atoms with Gasteiger partial charge in [0.15, 0.2) is 6.10 Å². The van der Waals surface area contributed by atoms with Gasteiger partial charge in [-0.05, 0) is 48.9 Å². The van der Waals surface area contributed by atoms with E-state index >= 15 is 0 Å². The van der Waals surface area contributed by atoms with Crippen molar-refractivity contribution in [3.05, 3.63) is 90.0 Å². The molecule has 0 saturated heterocycles. The fourth-order valence-electron chi connectivity index (χ4n) is 2.51. The molecule has 0 fully saturated rings. The Morgan fingerprint density at radius 3 is 2.19 bits per heavy atom. The fraction of sp³-hybridized carbons (Fsp3) is 0.130. The van der Waals surface area contributed by atoms with E-state index in [2.05, 4.69) is 5.16 Å². The Morgan fingerprint density at radius 2 is 1.52 bits per heavy atom. The van der Waals surface area contributed by atoms with Gasteiger partial charge in [-0.25, -0.2) is 4.79 Å². The highest BCUT2D eigenvalue weighted by molar-refractivity contribution is 5.80. The van der Waals surface area contributed by atoms with E-state index in [1.165, 1.54) is 55.6 Å². The summed E-state index contributed by atoms with van der Waals surface area (Å²) in [4.78, 5) is 16.8. The number of alkyl halides is 3. The number of ether oxygens (including phenoxy) is 2. The molecule has 0 spiro atoms. The van der Waals surface area contributed by atoms with Crippen molar-refractivity contribution in [2.24, 2.45) is 5.16 Å². The molecule has 3 aromatic rings. The number of rotatable bonds is 7. The zero-order valence-corrected chi connectivity index (χ0v) is 16.4. The second kappa shape index (κ2) is 9.80. The van der Waals surface area contributed by atoms with E-state index in [1.54, 1.807) is 12.1 Å². The van der Waals surface area contributed by atoms with Gasteiger partial charge in [0.05, 0.1) is 11.8 Å². The maximum Gasteiger partial charge on any atom is 0.419 e. The fourth-order valence-corrected chi connectivity index (χ4v) is 2.51. The van der Waals surface area contributed by atoms with Crippen LogP contribution in [0.2, 0.25) is 0 Å². The zero-order chi connectivity index (χ0) is 22.3. The first kappa shape index (κ1) is 21.9. The molecule has 0 aromatic heterocycles. The van der Waals surface area contributed by atoms with Crippen LogP contribution in [0.4, 0.5) is 13.2 Å². The summed E-state index contributed by atoms with van der Waals surface area (Å²) in [5.41, 5.74) is -0.102. The molecular weight excluding hydrogens is 411 g/mol. The van der Waals surface area contributed by atoms with E-state index < -0.39 is 23.8 Å². The Labute approximate surface area is 176 Å². The van der Waals surface area contributed by atoms with Gasteiger partial charge in [-0.1, -0.05) is 47.6 Å². The molecule has 1 unspecified atom stereocenters. The summed E-state index contributed by atoms with van der Waals surface area (Å²) in [6, 6.07) is 19.8. The van der Waals surface area contributed by atoms with E-state index in [1.807, 2.05) is 18.2 Å². The Bertz CT molecular complexity index is 1030. The van der Waals surface area contributed by atoms with Crippen molar-refractivity contribution in [3.63, 3.8) is 0 Å². The summed E-state index contributed by atoms with van der Waals surface area (Å²) in [5, 5.41) is 3.63. The first-order valence-corrected chi connectivity index (χ1v) is 9.23. The van der Waals surface area contributed by atoms with Gasteiger partial charge in [0.25, 0.3) is 0 Å². The molecule has 0 heterocycles. The molecular formula is C23H18F3NO4. The molecule has 8 heteroatoms. The van der Waals surface area contributed by atoms with Crippen molar-refractivity contribution in [3.8, 4) is 17.2 Å². The average molecular weight is 429 g/mol. The highest BCUT2D eigenvalue weighted by Gasteiger charge is 2.34. The minimum absolute atomic E-state index is 0.187. The summed E-state index contributed by atoms with van der Waals surface area (Å²) >= 11 is 0. The van der Waals surface area contributed by atoms with Crippen LogP contribution < -0.4 is 9.47 Å². The topological polar surface area (TPSA) is 57.1 Å². The Morgan fingerprint density at radius 1 is 0.903 bits per heavy atom. The van der Waals surface area contributed by atoms with Gasteiger partial charge in [-0.15, -0.1) is 0 Å². The Hall–Kier alpha value is -3.81. The van der Waals surface area contributed by atoms with Crippen LogP contribution in [0.25, 0.3) is 0 Å². The first-order valence-electron chi connectivity index (χ1n) is 9.23. The third-order valence-corrected chi connectivity index (χ3v) is 4.03. The molecule has 0 amide bonds. The predicted molar refractivity (Wildman–Crippen MR) is 108 cm³/mol. The van der Waals surface area contributed by atoms with E-state index in [4.69, 9.17) is 14.3 Å². The molecule has 3 aromatic carbocycles. The van der Waals surface area contributed by atoms with Gasteiger partial charge in [-0.2, -0.15) is 13.2 Å². The van der Waals surface area contributed by atoms with Crippen LogP contribution in [0, 0.1) is 0 Å². The summed E-state index contributed by atoms with van der Waals surface area (Å²) in [5.74, 6) is -0.511. The Kier molecular flexibility index (Phi) is 6.92. The molecule has 0 bridgehead atoms. The standard InChI is InChI=1S/C23H18F3NO4/c1-16(22(28)31-27-15-17-7-3-2-4-8-17)29-18-11-13-19(14-12-18)30-21-10-6-5-9-20(21)23(24,25)26/h2-16H,1H3. The number of nitrogens with zero attached hydrogens (tertiary/aromatic N) is 1. The van der Waals surface area contributed by atoms with Gasteiger partial charge in [0.1, 0.15) is 17.2 Å². The quantitative estimate of drug-likeness (QED) is 0.269. The molecule has 1 atom stereocenters. The number of carbonyl (C=O) groups excluding carboxylic acids is 1. The number of carbonyl (C=O) groups is 1. The number of para-hydroxylation sites is 1. The molecule has 0 radical (unpaired) electrons. The number of hydrogen-bond donors (Lipinski definition) is 0. The van der Waals surface area contributed by atoms with Gasteiger partial charge in [0.2, 0.25) is 0 Å². The molecule has 0 aliphatic carbocycles. The van der Waals surface area contributed by atoms with Crippen molar-refractivity contribution < 1.29 is 32.3 Å². The third-order valence-electron chi connectivity index (χ3n) is 4.03. The first-order chi connectivity index (χ1) is 14.8. The van der Waals surface area contributed by atoms with Crippen molar-refractivity contribution in [2.45, 2.75) is 19.2 Å². The van der Waals surface area contributed by atoms with Crippen LogP contribution in [0.1, 0.15) is 18.1 Å². The van der Waals surface area contributed by atoms with Crippen LogP contribution in [0.15, 0.2) is 84.0 Å². The lowest BCUT2D eigenvalue weighted by Crippen LogP contribution is -2.24. The summed E-state index contributed by atoms with van der Waals surface area (Å²) in [6.07, 6.45) is -4.08. The van der Waals surface area contributed by atoms with Crippen LogP contribution in [-0.2, 0) is 15.8 Å². The largest absolute Gasteiger partial charge is 0.479 e. The molecule has 0 saturated carbocycles. The van der Waals surface area contributed by atoms with Crippen LogP contribution in [0.5, 0.6) is 17.2 Å². The lowest BCUT2D eigenvalue weighted by atomic mass is 10.2. The van der Waals surface area contributed by atoms with Gasteiger partial charge in [0, 0.05) is 0 Å². The third kappa shape index (κ3) is 6.33. The molecule has 0 aliphatic heterocycles. The van der Waals surface area contributed by atoms with Crippen molar-refractivity contribution in [1.82, 2.24) is 0 Å². The summed E-state index contributed by atoms with van der Waals surface area (Å²) in [6.45, 7) is 1.49. The maximum atomic E-state index is 13.1. The summed E-state index contributed by atoms with van der Waals surface area (Å²) in [7, 11) is 0. The normalized spacial score (nSPS) is 12.4. The average Bonchev–Trinajstić information content (AvgIpc) is 2.75. The summed E-state index contributed by atoms with van der Waals surface area (Å²) < 4.78 is 50.0. The van der Waals surface area contributed by atoms with E-state index in [0.29, 0.717) is 5.75 Å². The second-order valence-electron chi connectivity index (χ2n) is 6.38. The van der Waals surface area contributed by atoms with E-state index in [-0.39, 0.29) is 11.5 Å². The van der Waals surface area contributed by atoms with Gasteiger partial charge >= 0.3 is 12.1 Å². The SMILES string of the molecule is CC(Oc1ccc(Oc2ccccc2C(F)(F)F)cc1)C(=O)ON=Cc1ccccc1. The van der Waals surface area contributed by atoms with E-state index in [0.717, 1.165) is 11.6 Å². The monoisotopic (exact) mass is 429 g/mol. The molecule has 160 valence electrons. The maximum absolute atomic E-state index is 13.1. The lowest BCUT2D eigenvalue weighted by molar-refractivity contribution is -0.151. The number of benzene rings is 3. The van der Waals surface area contributed by atoms with Crippen LogP contribution in [-0.4, -0.2) is 18.3 Å². The van der Waals surface area contributed by atoms with Gasteiger partial charge in [-0.3, -0.25) is 0 Å². The lowest BCUT2D eigenvalue weighted by Gasteiger charge is -2.14. The zero-order valence-electron chi connectivity index (χ0n) is 16.4. The number of hydrogen-bond acceptors (Lipinski definition) is 5. The van der Waals surface area contributed by atoms with Gasteiger partial charge < -0.3 is 14.3 Å². The second-order valence-corrected chi connectivity index (χ2v) is 6.38. The minimum atomic E-state index is -4.53. The van der Waals surface area contributed by atoms with Crippen LogP contribution >= 0.6 is 0 Å². The smallest absolute Gasteiger partial charge is 0.419 e. The molecule has 3 rings (SSSR count). The highest BCUT2D eigenvalue weighted by Crippen LogP contribution is 2.38. The van der Waals surface area contributed by atoms with Crippen molar-refractivity contribution in [2.75, 3.05) is 0 Å². The van der Waals surface area contributed by atoms with Crippen LogP contribution in [0.3, 0.4) is 0 Å². The minimum Gasteiger partial charge on any atom is -0.479 e. The van der Waals surface area contributed by atoms with Crippen molar-refractivity contribution in [1.29, 1.82) is 0 Å². The molecule has 5 nitrogen and oxygen atoms in total. The predicted octanol–water partition coefficient (Wildman–Crippen LogP) is 5.84. The number of halogens is 3. The highest BCUT2D eigenvalue weighted by atomic mass is 19.4. The van der Waals surface area contributed by atoms with E-state index in [9.17, 15) is 18.0 Å². The van der Waals surface area contributed by atoms with Crippen molar-refractivity contribution >= 4 is 12.2 Å². The molecule has 0 N–H and O–H groups in total. The molecule has 0 aliphatic rings. The molecule has 31 heavy (non-hydrogen) atoms. The Balaban J connectivity index is 1.57.